The van der Waals surface area contributed by atoms with Crippen LogP contribution < -0.4 is 5.32 Å². The molecule has 0 aromatic heterocycles. The van der Waals surface area contributed by atoms with Gasteiger partial charge in [-0.25, -0.2) is 0 Å². The number of ether oxygens (including phenoxy) is 1. The van der Waals surface area contributed by atoms with Crippen LogP contribution in [0.15, 0.2) is 50.7 Å². The standard InChI is InChI=1S/C14H19N5OS2.Ni/c1-4-20-14(22)19-16-10(2)12(17-18-13(21)15-3)11-8-6-5-7-9-11;/h5-9H,4H2,1-3H3,(H,19,22)(H2,15,18,21);/q;+2/p-2/b16-10+,17-12-;. The van der Waals surface area contributed by atoms with Crippen LogP contribution in [0.2, 0.25) is 0 Å². The topological polar surface area (TPSA) is 70.7 Å². The summed E-state index contributed by atoms with van der Waals surface area (Å²) in [4.78, 5) is 0. The fraction of sp³-hybridized carbons (Fsp3) is 0.286. The third-order valence-corrected chi connectivity index (χ3v) is 2.88. The third kappa shape index (κ3) is 8.01. The van der Waals surface area contributed by atoms with Crippen molar-refractivity contribution >= 4 is 47.1 Å². The van der Waals surface area contributed by atoms with E-state index in [0.717, 1.165) is 5.56 Å². The Morgan fingerprint density at radius 3 is 2.30 bits per heavy atom. The van der Waals surface area contributed by atoms with Crippen molar-refractivity contribution in [3.05, 3.63) is 35.9 Å². The molecule has 126 valence electrons. The Bertz CT molecular complexity index is 602. The van der Waals surface area contributed by atoms with Crippen molar-refractivity contribution in [1.82, 2.24) is 5.32 Å². The molecule has 0 unspecified atom stereocenters. The van der Waals surface area contributed by atoms with Crippen molar-refractivity contribution in [2.45, 2.75) is 13.8 Å². The zero-order chi connectivity index (χ0) is 16.4. The number of nitrogens with one attached hydrogen (secondary N) is 1. The zero-order valence-electron chi connectivity index (χ0n) is 12.9. The van der Waals surface area contributed by atoms with E-state index in [1.54, 1.807) is 14.0 Å². The molecule has 0 heterocycles. The molecular formula is C14H17N5NiOS2. The molecule has 0 saturated carbocycles. The van der Waals surface area contributed by atoms with Crippen LogP contribution in [0.3, 0.4) is 0 Å². The molecule has 9 heteroatoms. The summed E-state index contributed by atoms with van der Waals surface area (Å²) in [7, 11) is 1.68. The molecule has 0 atom stereocenters. The summed E-state index contributed by atoms with van der Waals surface area (Å²) in [5.74, 6) is 0. The van der Waals surface area contributed by atoms with E-state index >= 15 is 0 Å². The fourth-order valence-corrected chi connectivity index (χ4v) is 1.60. The van der Waals surface area contributed by atoms with Gasteiger partial charge in [0.05, 0.1) is 17.5 Å². The van der Waals surface area contributed by atoms with E-state index in [9.17, 15) is 0 Å². The van der Waals surface area contributed by atoms with Gasteiger partial charge in [-0.15, -0.1) is 10.2 Å². The van der Waals surface area contributed by atoms with E-state index in [0.29, 0.717) is 18.0 Å². The summed E-state index contributed by atoms with van der Waals surface area (Å²) in [5.41, 5.74) is 1.96. The normalized spacial score (nSPS) is 13.3. The van der Waals surface area contributed by atoms with Crippen molar-refractivity contribution < 1.29 is 21.2 Å². The van der Waals surface area contributed by atoms with Crippen LogP contribution in [0, 0.1) is 0 Å². The van der Waals surface area contributed by atoms with Gasteiger partial charge in [-0.2, -0.15) is 10.2 Å². The van der Waals surface area contributed by atoms with Crippen LogP contribution in [0.5, 0.6) is 0 Å². The summed E-state index contributed by atoms with van der Waals surface area (Å²) in [6, 6.07) is 9.51. The number of hydrogen-bond donors (Lipinski definition) is 1. The van der Waals surface area contributed by atoms with E-state index in [2.05, 4.69) is 25.7 Å². The van der Waals surface area contributed by atoms with Gasteiger partial charge in [0.2, 0.25) is 0 Å². The molecule has 1 aromatic carbocycles. The molecule has 0 amide bonds. The van der Waals surface area contributed by atoms with Crippen molar-refractivity contribution in [3.8, 4) is 0 Å². The maximum atomic E-state index is 5.06. The number of benzene rings is 1. The first-order valence-corrected chi connectivity index (χ1v) is 7.38. The van der Waals surface area contributed by atoms with E-state index in [1.165, 1.54) is 0 Å². The molecule has 23 heavy (non-hydrogen) atoms. The summed E-state index contributed by atoms with van der Waals surface area (Å²) in [6.07, 6.45) is 0. The van der Waals surface area contributed by atoms with Crippen molar-refractivity contribution in [2.24, 2.45) is 20.4 Å². The largest absolute Gasteiger partial charge is 2.00 e. The first kappa shape index (κ1) is 21.4. The summed E-state index contributed by atoms with van der Waals surface area (Å²) in [5, 5.41) is 19.0. The van der Waals surface area contributed by atoms with Gasteiger partial charge in [0.1, 0.15) is 5.71 Å². The second kappa shape index (κ2) is 11.9. The second-order valence-electron chi connectivity index (χ2n) is 3.95. The van der Waals surface area contributed by atoms with Gasteiger partial charge >= 0.3 is 16.5 Å². The minimum absolute atomic E-state index is 0. The Labute approximate surface area is 157 Å². The number of rotatable bonds is 5. The van der Waals surface area contributed by atoms with Gasteiger partial charge in [0.25, 0.3) is 0 Å². The summed E-state index contributed by atoms with van der Waals surface area (Å²) >= 11 is 9.87. The quantitative estimate of drug-likeness (QED) is 0.272. The van der Waals surface area contributed by atoms with Crippen molar-refractivity contribution in [3.63, 3.8) is 0 Å². The molecule has 0 fully saturated rings. The summed E-state index contributed by atoms with van der Waals surface area (Å²) in [6.45, 7) is 4.04. The van der Waals surface area contributed by atoms with E-state index in [-0.39, 0.29) is 26.9 Å². The minimum Gasteiger partial charge on any atom is -0.741 e. The van der Waals surface area contributed by atoms with Crippen LogP contribution in [0.4, 0.5) is 0 Å². The molecule has 0 aliphatic heterocycles. The van der Waals surface area contributed by atoms with Crippen LogP contribution in [-0.2, 0) is 46.5 Å². The maximum absolute atomic E-state index is 5.06. The first-order chi connectivity index (χ1) is 10.6. The zero-order valence-corrected chi connectivity index (χ0v) is 15.5. The molecular weight excluding hydrogens is 377 g/mol. The van der Waals surface area contributed by atoms with Crippen LogP contribution in [0.25, 0.3) is 0 Å². The van der Waals surface area contributed by atoms with Gasteiger partial charge in [-0.05, 0) is 19.0 Å². The number of amidine groups is 1. The van der Waals surface area contributed by atoms with Gasteiger partial charge < -0.3 is 35.3 Å². The Balaban J connectivity index is 0.00000484. The molecule has 1 N–H and O–H groups in total. The molecule has 0 aliphatic carbocycles. The van der Waals surface area contributed by atoms with E-state index in [4.69, 9.17) is 30.0 Å². The monoisotopic (exact) mass is 393 g/mol. The Kier molecular flexibility index (Phi) is 11.1. The third-order valence-electron chi connectivity index (χ3n) is 2.39. The molecule has 0 radical (unpaired) electrons. The predicted octanol–water partition coefficient (Wildman–Crippen LogP) is 1.83. The number of hydrogen-bond acceptors (Lipinski definition) is 7. The van der Waals surface area contributed by atoms with Gasteiger partial charge in [-0.3, -0.25) is 0 Å². The predicted molar refractivity (Wildman–Crippen MR) is 96.4 cm³/mol. The SMILES string of the molecule is CCO/C([S-])=N/N=C(C)/C(=N/N=C(\[S-])NC)c1ccccc1.[Ni+2]. The maximum Gasteiger partial charge on any atom is 2.00 e. The fourth-order valence-electron chi connectivity index (χ4n) is 1.40. The molecule has 0 saturated heterocycles. The smallest absolute Gasteiger partial charge is 0.741 e. The second-order valence-corrected chi connectivity index (χ2v) is 4.69. The summed E-state index contributed by atoms with van der Waals surface area (Å²) < 4.78 is 5.06. The van der Waals surface area contributed by atoms with E-state index in [1.807, 2.05) is 37.3 Å². The van der Waals surface area contributed by atoms with Crippen LogP contribution in [-0.4, -0.2) is 35.5 Å². The first-order valence-electron chi connectivity index (χ1n) is 6.56. The van der Waals surface area contributed by atoms with E-state index < -0.39 is 0 Å². The molecule has 0 aliphatic rings. The van der Waals surface area contributed by atoms with Gasteiger partial charge in [0, 0.05) is 12.6 Å². The van der Waals surface area contributed by atoms with Crippen molar-refractivity contribution in [1.29, 1.82) is 0 Å². The average molecular weight is 394 g/mol. The minimum atomic E-state index is 0. The molecule has 1 aromatic rings. The molecule has 1 rings (SSSR count). The Morgan fingerprint density at radius 1 is 1.09 bits per heavy atom. The van der Waals surface area contributed by atoms with Gasteiger partial charge in [-0.1, -0.05) is 30.3 Å². The Hall–Kier alpha value is -1.57. The molecule has 0 bridgehead atoms. The molecule has 6 nitrogen and oxygen atoms in total. The van der Waals surface area contributed by atoms with Gasteiger partial charge in [0.15, 0.2) is 0 Å². The Morgan fingerprint density at radius 2 is 1.74 bits per heavy atom. The average Bonchev–Trinajstić information content (AvgIpc) is 2.54. The molecule has 0 spiro atoms. The van der Waals surface area contributed by atoms with Crippen molar-refractivity contribution in [2.75, 3.05) is 13.7 Å². The van der Waals surface area contributed by atoms with Crippen LogP contribution >= 0.6 is 0 Å². The number of nitrogens with zero attached hydrogens (tertiary/aromatic N) is 4. The van der Waals surface area contributed by atoms with Crippen LogP contribution in [0.1, 0.15) is 19.4 Å².